The normalized spacial score (nSPS) is 10.7. The molecular formula is C7H12NS+. The molecule has 0 atom stereocenters. The molecule has 0 unspecified atom stereocenters. The first kappa shape index (κ1) is 6.75. The molecule has 0 saturated carbocycles. The van der Waals surface area contributed by atoms with Gasteiger partial charge in [-0.1, -0.05) is 25.2 Å². The Morgan fingerprint density at radius 2 is 2.22 bits per heavy atom. The fourth-order valence-corrected chi connectivity index (χ4v) is 1.51. The quantitative estimate of drug-likeness (QED) is 0.569. The molecule has 0 aliphatic carbocycles. The van der Waals surface area contributed by atoms with Crippen molar-refractivity contribution < 1.29 is 4.98 Å². The van der Waals surface area contributed by atoms with Gasteiger partial charge in [0.1, 0.15) is 0 Å². The Morgan fingerprint density at radius 3 is 2.44 bits per heavy atom. The van der Waals surface area contributed by atoms with E-state index in [4.69, 9.17) is 0 Å². The van der Waals surface area contributed by atoms with Crippen molar-refractivity contribution in [3.05, 3.63) is 16.1 Å². The molecule has 1 nitrogen and oxygen atoms in total. The summed E-state index contributed by atoms with van der Waals surface area (Å²) in [6.45, 7) is 6.48. The van der Waals surface area contributed by atoms with E-state index in [1.807, 2.05) is 0 Å². The van der Waals surface area contributed by atoms with Crippen LogP contribution in [0.3, 0.4) is 0 Å². The van der Waals surface area contributed by atoms with Crippen molar-refractivity contribution >= 4 is 11.3 Å². The minimum Gasteiger partial charge on any atom is -0.203 e. The van der Waals surface area contributed by atoms with Crippen LogP contribution in [0.5, 0.6) is 0 Å². The summed E-state index contributed by atoms with van der Waals surface area (Å²) in [7, 11) is 0. The lowest BCUT2D eigenvalue weighted by atomic mass is 10.2. The smallest absolute Gasteiger partial charge is 0.203 e. The lowest BCUT2D eigenvalue weighted by Crippen LogP contribution is -2.09. The summed E-state index contributed by atoms with van der Waals surface area (Å²) < 4.78 is 0. The topological polar surface area (TPSA) is 14.1 Å². The van der Waals surface area contributed by atoms with E-state index in [-0.39, 0.29) is 0 Å². The lowest BCUT2D eigenvalue weighted by molar-refractivity contribution is -0.393. The minimum atomic E-state index is 0.634. The van der Waals surface area contributed by atoms with Gasteiger partial charge in [-0.15, -0.1) is 0 Å². The molecular weight excluding hydrogens is 130 g/mol. The van der Waals surface area contributed by atoms with Gasteiger partial charge in [0, 0.05) is 12.8 Å². The average molecular weight is 142 g/mol. The van der Waals surface area contributed by atoms with Crippen molar-refractivity contribution in [3.8, 4) is 0 Å². The van der Waals surface area contributed by atoms with E-state index in [1.54, 1.807) is 11.3 Å². The molecule has 0 aliphatic heterocycles. The minimum absolute atomic E-state index is 0.634. The predicted octanol–water partition coefficient (Wildman–Crippen LogP) is 1.99. The molecule has 0 aromatic carbocycles. The molecule has 2 heteroatoms. The van der Waals surface area contributed by atoms with Crippen LogP contribution in [0.25, 0.3) is 0 Å². The molecule has 1 aromatic heterocycles. The van der Waals surface area contributed by atoms with Gasteiger partial charge in [0.2, 0.25) is 5.01 Å². The highest BCUT2D eigenvalue weighted by atomic mass is 32.1. The molecule has 9 heavy (non-hydrogen) atoms. The van der Waals surface area contributed by atoms with Gasteiger partial charge in [0.15, 0.2) is 5.69 Å². The number of aromatic amines is 1. The second-order valence-electron chi connectivity index (χ2n) is 2.53. The third-order valence-electron chi connectivity index (χ3n) is 1.31. The van der Waals surface area contributed by atoms with Crippen LogP contribution < -0.4 is 4.98 Å². The Hall–Kier alpha value is -0.370. The van der Waals surface area contributed by atoms with Gasteiger partial charge in [-0.25, -0.2) is 4.98 Å². The molecule has 0 aliphatic rings. The van der Waals surface area contributed by atoms with Crippen molar-refractivity contribution in [1.29, 1.82) is 0 Å². The maximum atomic E-state index is 3.29. The Bertz CT molecular complexity index is 191. The Balaban J connectivity index is 2.85. The molecule has 0 radical (unpaired) electrons. The van der Waals surface area contributed by atoms with Gasteiger partial charge >= 0.3 is 0 Å². The fourth-order valence-electron chi connectivity index (χ4n) is 0.694. The van der Waals surface area contributed by atoms with Crippen LogP contribution in [0, 0.1) is 6.92 Å². The SMILES string of the molecule is Cc1[nH+]c(C(C)C)cs1. The number of aromatic nitrogens is 1. The first-order valence-electron chi connectivity index (χ1n) is 3.17. The van der Waals surface area contributed by atoms with Crippen LogP contribution in [0.2, 0.25) is 0 Å². The first-order valence-corrected chi connectivity index (χ1v) is 4.05. The van der Waals surface area contributed by atoms with E-state index in [0.717, 1.165) is 0 Å². The largest absolute Gasteiger partial charge is 0.232 e. The first-order chi connectivity index (χ1) is 4.20. The van der Waals surface area contributed by atoms with Crippen molar-refractivity contribution in [2.45, 2.75) is 26.7 Å². The summed E-state index contributed by atoms with van der Waals surface area (Å²) in [5.74, 6) is 0.634. The van der Waals surface area contributed by atoms with E-state index in [0.29, 0.717) is 5.92 Å². The summed E-state index contributed by atoms with van der Waals surface area (Å²) in [5, 5.41) is 3.47. The van der Waals surface area contributed by atoms with Gasteiger partial charge in [-0.2, -0.15) is 0 Å². The van der Waals surface area contributed by atoms with Gasteiger partial charge in [0.25, 0.3) is 0 Å². The summed E-state index contributed by atoms with van der Waals surface area (Å²) >= 11 is 1.78. The zero-order chi connectivity index (χ0) is 6.85. The number of hydrogen-bond acceptors (Lipinski definition) is 1. The predicted molar refractivity (Wildman–Crippen MR) is 39.7 cm³/mol. The Kier molecular flexibility index (Phi) is 1.86. The summed E-state index contributed by atoms with van der Waals surface area (Å²) in [6.07, 6.45) is 0. The third kappa shape index (κ3) is 1.52. The van der Waals surface area contributed by atoms with E-state index >= 15 is 0 Å². The van der Waals surface area contributed by atoms with Crippen molar-refractivity contribution in [3.63, 3.8) is 0 Å². The highest BCUT2D eigenvalue weighted by Crippen LogP contribution is 2.11. The van der Waals surface area contributed by atoms with Crippen molar-refractivity contribution in [2.75, 3.05) is 0 Å². The number of thiazole rings is 1. The zero-order valence-electron chi connectivity index (χ0n) is 6.06. The lowest BCUT2D eigenvalue weighted by Gasteiger charge is -1.88. The standard InChI is InChI=1S/C7H11NS/c1-5(2)7-4-9-6(3)8-7/h4-5H,1-3H3/p+1. The second-order valence-corrected chi connectivity index (χ2v) is 3.61. The van der Waals surface area contributed by atoms with E-state index in [9.17, 15) is 0 Å². The number of H-pyrrole nitrogens is 1. The van der Waals surface area contributed by atoms with Crippen molar-refractivity contribution in [2.24, 2.45) is 0 Å². The van der Waals surface area contributed by atoms with Crippen LogP contribution in [-0.4, -0.2) is 0 Å². The van der Waals surface area contributed by atoms with Crippen LogP contribution >= 0.6 is 11.3 Å². The number of rotatable bonds is 1. The highest BCUT2D eigenvalue weighted by Gasteiger charge is 2.08. The Morgan fingerprint density at radius 1 is 1.56 bits per heavy atom. The van der Waals surface area contributed by atoms with Gasteiger partial charge in [0.05, 0.1) is 5.38 Å². The molecule has 0 fully saturated rings. The monoisotopic (exact) mass is 142 g/mol. The van der Waals surface area contributed by atoms with Gasteiger partial charge in [-0.05, 0) is 0 Å². The molecule has 0 saturated heterocycles. The van der Waals surface area contributed by atoms with Gasteiger partial charge < -0.3 is 0 Å². The van der Waals surface area contributed by atoms with E-state index in [2.05, 4.69) is 31.1 Å². The van der Waals surface area contributed by atoms with Crippen molar-refractivity contribution in [1.82, 2.24) is 0 Å². The summed E-state index contributed by atoms with van der Waals surface area (Å²) in [4.78, 5) is 3.29. The van der Waals surface area contributed by atoms with Gasteiger partial charge in [-0.3, -0.25) is 0 Å². The summed E-state index contributed by atoms with van der Waals surface area (Å²) in [5.41, 5.74) is 1.34. The van der Waals surface area contributed by atoms with E-state index in [1.165, 1.54) is 10.7 Å². The van der Waals surface area contributed by atoms with Crippen LogP contribution in [0.1, 0.15) is 30.5 Å². The molecule has 0 bridgehead atoms. The number of hydrogen-bond donors (Lipinski definition) is 0. The highest BCUT2D eigenvalue weighted by molar-refractivity contribution is 7.09. The molecule has 1 heterocycles. The molecule has 1 aromatic rings. The maximum absolute atomic E-state index is 3.29. The fraction of sp³-hybridized carbons (Fsp3) is 0.571. The second kappa shape index (κ2) is 2.48. The summed E-state index contributed by atoms with van der Waals surface area (Å²) in [6, 6.07) is 0. The molecule has 50 valence electrons. The maximum Gasteiger partial charge on any atom is 0.232 e. The average Bonchev–Trinajstić information content (AvgIpc) is 2.14. The molecule has 0 spiro atoms. The third-order valence-corrected chi connectivity index (χ3v) is 2.13. The zero-order valence-corrected chi connectivity index (χ0v) is 6.88. The van der Waals surface area contributed by atoms with Crippen LogP contribution in [0.15, 0.2) is 5.38 Å². The molecule has 0 amide bonds. The van der Waals surface area contributed by atoms with Crippen LogP contribution in [0.4, 0.5) is 0 Å². The molecule has 1 rings (SSSR count). The van der Waals surface area contributed by atoms with E-state index < -0.39 is 0 Å². The number of aryl methyl sites for hydroxylation is 1. The Labute approximate surface area is 59.8 Å². The van der Waals surface area contributed by atoms with Crippen LogP contribution in [-0.2, 0) is 0 Å². The number of nitrogens with one attached hydrogen (secondary N) is 1. The molecule has 1 N–H and O–H groups in total.